The molecule has 70 valence electrons. The molecule has 0 aliphatic heterocycles. The van der Waals surface area contributed by atoms with Crippen LogP contribution in [0.25, 0.3) is 0 Å². The molecule has 1 N–H and O–H groups in total. The molecule has 0 aliphatic rings. The molecular formula is C9H17ClN2. The van der Waals surface area contributed by atoms with E-state index in [0.29, 0.717) is 11.8 Å². The molecule has 0 aromatic carbocycles. The summed E-state index contributed by atoms with van der Waals surface area (Å²) in [7, 11) is 0. The molecule has 0 saturated heterocycles. The number of hydrogen-bond acceptors (Lipinski definition) is 1. The average molecular weight is 189 g/mol. The van der Waals surface area contributed by atoms with Crippen molar-refractivity contribution in [3.05, 3.63) is 17.5 Å². The Morgan fingerprint density at radius 3 is 2.00 bits per heavy atom. The molecule has 0 bridgehead atoms. The van der Waals surface area contributed by atoms with E-state index in [0.717, 1.165) is 5.69 Å². The normalized spacial score (nSPS) is 10.5. The van der Waals surface area contributed by atoms with E-state index >= 15 is 0 Å². The first-order valence-corrected chi connectivity index (χ1v) is 4.16. The Balaban J connectivity index is 0.00000121. The monoisotopic (exact) mass is 188 g/mol. The predicted molar refractivity (Wildman–Crippen MR) is 54.0 cm³/mol. The fraction of sp³-hybridized carbons (Fsp3) is 0.667. The number of hydrogen-bond donors (Lipinski definition) is 1. The SMILES string of the molecule is CC(C)c1cc(C(C)C)[nH]n1.Cl. The van der Waals surface area contributed by atoms with Gasteiger partial charge in [0.05, 0.1) is 5.69 Å². The fourth-order valence-corrected chi connectivity index (χ4v) is 0.945. The molecule has 0 fully saturated rings. The highest BCUT2D eigenvalue weighted by Crippen LogP contribution is 2.17. The maximum Gasteiger partial charge on any atom is 0.0650 e. The van der Waals surface area contributed by atoms with Gasteiger partial charge in [0, 0.05) is 5.69 Å². The number of nitrogens with one attached hydrogen (secondary N) is 1. The Kier molecular flexibility index (Phi) is 4.32. The maximum atomic E-state index is 4.21. The van der Waals surface area contributed by atoms with Crippen molar-refractivity contribution < 1.29 is 0 Å². The Hall–Kier alpha value is -0.500. The quantitative estimate of drug-likeness (QED) is 0.760. The molecule has 0 saturated carbocycles. The van der Waals surface area contributed by atoms with Gasteiger partial charge in [-0.3, -0.25) is 5.10 Å². The third-order valence-corrected chi connectivity index (χ3v) is 1.83. The summed E-state index contributed by atoms with van der Waals surface area (Å²) in [4.78, 5) is 0. The Morgan fingerprint density at radius 2 is 1.75 bits per heavy atom. The number of nitrogens with zero attached hydrogens (tertiary/aromatic N) is 1. The molecule has 0 atom stereocenters. The van der Waals surface area contributed by atoms with Crippen molar-refractivity contribution in [1.29, 1.82) is 0 Å². The summed E-state index contributed by atoms with van der Waals surface area (Å²) in [6.07, 6.45) is 0. The lowest BCUT2D eigenvalue weighted by Gasteiger charge is -1.97. The molecule has 3 heteroatoms. The first-order chi connectivity index (χ1) is 5.11. The van der Waals surface area contributed by atoms with Crippen molar-refractivity contribution in [2.45, 2.75) is 39.5 Å². The van der Waals surface area contributed by atoms with Crippen LogP contribution in [0.3, 0.4) is 0 Å². The summed E-state index contributed by atoms with van der Waals surface area (Å²) in [6.45, 7) is 8.63. The van der Waals surface area contributed by atoms with E-state index in [-0.39, 0.29) is 12.4 Å². The Bertz CT molecular complexity index is 206. The van der Waals surface area contributed by atoms with Gasteiger partial charge in [0.15, 0.2) is 0 Å². The van der Waals surface area contributed by atoms with E-state index in [4.69, 9.17) is 0 Å². The summed E-state index contributed by atoms with van der Waals surface area (Å²) in [5, 5.41) is 7.25. The molecule has 0 unspecified atom stereocenters. The number of aromatic amines is 1. The van der Waals surface area contributed by atoms with Crippen LogP contribution in [0.5, 0.6) is 0 Å². The Morgan fingerprint density at radius 1 is 1.17 bits per heavy atom. The lowest BCUT2D eigenvalue weighted by Crippen LogP contribution is -1.85. The molecule has 0 aliphatic carbocycles. The minimum absolute atomic E-state index is 0. The molecule has 0 spiro atoms. The van der Waals surface area contributed by atoms with Crippen LogP contribution < -0.4 is 0 Å². The van der Waals surface area contributed by atoms with Gasteiger partial charge < -0.3 is 0 Å². The molecule has 1 aromatic rings. The van der Waals surface area contributed by atoms with E-state index in [1.807, 2.05) is 0 Å². The van der Waals surface area contributed by atoms with Crippen LogP contribution in [-0.4, -0.2) is 10.2 Å². The zero-order valence-electron chi connectivity index (χ0n) is 8.09. The van der Waals surface area contributed by atoms with Crippen LogP contribution in [0.4, 0.5) is 0 Å². The maximum absolute atomic E-state index is 4.21. The molecule has 12 heavy (non-hydrogen) atoms. The van der Waals surface area contributed by atoms with Gasteiger partial charge in [0.1, 0.15) is 0 Å². The Labute approximate surface area is 80.2 Å². The van der Waals surface area contributed by atoms with Crippen molar-refractivity contribution in [3.63, 3.8) is 0 Å². The van der Waals surface area contributed by atoms with E-state index in [9.17, 15) is 0 Å². The van der Waals surface area contributed by atoms with Crippen molar-refractivity contribution in [1.82, 2.24) is 10.2 Å². The van der Waals surface area contributed by atoms with Crippen LogP contribution >= 0.6 is 12.4 Å². The molecular weight excluding hydrogens is 172 g/mol. The lowest BCUT2D eigenvalue weighted by atomic mass is 10.1. The summed E-state index contributed by atoms with van der Waals surface area (Å²) in [5.41, 5.74) is 2.39. The highest BCUT2D eigenvalue weighted by atomic mass is 35.5. The summed E-state index contributed by atoms with van der Waals surface area (Å²) in [5.74, 6) is 1.08. The second-order valence-corrected chi connectivity index (χ2v) is 3.56. The molecule has 0 amide bonds. The summed E-state index contributed by atoms with van der Waals surface area (Å²) < 4.78 is 0. The van der Waals surface area contributed by atoms with E-state index < -0.39 is 0 Å². The topological polar surface area (TPSA) is 28.7 Å². The number of H-pyrrole nitrogens is 1. The zero-order valence-corrected chi connectivity index (χ0v) is 8.90. The minimum Gasteiger partial charge on any atom is -0.282 e. The molecule has 1 rings (SSSR count). The van der Waals surface area contributed by atoms with Gasteiger partial charge in [-0.1, -0.05) is 27.7 Å². The molecule has 0 radical (unpaired) electrons. The van der Waals surface area contributed by atoms with Gasteiger partial charge in [-0.05, 0) is 17.9 Å². The lowest BCUT2D eigenvalue weighted by molar-refractivity contribution is 0.791. The van der Waals surface area contributed by atoms with Gasteiger partial charge in [-0.2, -0.15) is 5.10 Å². The summed E-state index contributed by atoms with van der Waals surface area (Å²) in [6, 6.07) is 2.15. The fourth-order valence-electron chi connectivity index (χ4n) is 0.945. The minimum atomic E-state index is 0. The van der Waals surface area contributed by atoms with Crippen LogP contribution in [0, 0.1) is 0 Å². The largest absolute Gasteiger partial charge is 0.282 e. The highest BCUT2D eigenvalue weighted by molar-refractivity contribution is 5.85. The van der Waals surface area contributed by atoms with Crippen LogP contribution in [0.15, 0.2) is 6.07 Å². The third-order valence-electron chi connectivity index (χ3n) is 1.83. The van der Waals surface area contributed by atoms with Gasteiger partial charge in [-0.25, -0.2) is 0 Å². The third kappa shape index (κ3) is 2.52. The van der Waals surface area contributed by atoms with Gasteiger partial charge >= 0.3 is 0 Å². The van der Waals surface area contributed by atoms with Gasteiger partial charge in [0.25, 0.3) is 0 Å². The van der Waals surface area contributed by atoms with Crippen LogP contribution in [0.2, 0.25) is 0 Å². The second kappa shape index (κ2) is 4.51. The number of aromatic nitrogens is 2. The van der Waals surface area contributed by atoms with Crippen molar-refractivity contribution >= 4 is 12.4 Å². The average Bonchev–Trinajstić information content (AvgIpc) is 2.33. The first kappa shape index (κ1) is 11.5. The van der Waals surface area contributed by atoms with Crippen LogP contribution in [-0.2, 0) is 0 Å². The summed E-state index contributed by atoms with van der Waals surface area (Å²) >= 11 is 0. The van der Waals surface area contributed by atoms with E-state index in [1.165, 1.54) is 5.69 Å². The van der Waals surface area contributed by atoms with Crippen molar-refractivity contribution in [2.75, 3.05) is 0 Å². The molecule has 2 nitrogen and oxygen atoms in total. The number of halogens is 1. The predicted octanol–water partition coefficient (Wildman–Crippen LogP) is 3.08. The van der Waals surface area contributed by atoms with E-state index in [2.05, 4.69) is 44.0 Å². The second-order valence-electron chi connectivity index (χ2n) is 3.56. The first-order valence-electron chi connectivity index (χ1n) is 4.16. The molecule has 1 aromatic heterocycles. The highest BCUT2D eigenvalue weighted by Gasteiger charge is 2.06. The number of rotatable bonds is 2. The van der Waals surface area contributed by atoms with Gasteiger partial charge in [-0.15, -0.1) is 12.4 Å². The molecule has 1 heterocycles. The smallest absolute Gasteiger partial charge is 0.0650 e. The van der Waals surface area contributed by atoms with Crippen molar-refractivity contribution in [3.8, 4) is 0 Å². The van der Waals surface area contributed by atoms with Gasteiger partial charge in [0.2, 0.25) is 0 Å². The van der Waals surface area contributed by atoms with Crippen molar-refractivity contribution in [2.24, 2.45) is 0 Å². The van der Waals surface area contributed by atoms with Crippen LogP contribution in [0.1, 0.15) is 50.9 Å². The van der Waals surface area contributed by atoms with E-state index in [1.54, 1.807) is 0 Å². The zero-order chi connectivity index (χ0) is 8.43. The standard InChI is InChI=1S/C9H16N2.ClH/c1-6(2)8-5-9(7(3)4)11-10-8;/h5-7H,1-4H3,(H,10,11);1H.